The van der Waals surface area contributed by atoms with Gasteiger partial charge in [0.25, 0.3) is 5.69 Å². The van der Waals surface area contributed by atoms with E-state index < -0.39 is 11.0 Å². The highest BCUT2D eigenvalue weighted by molar-refractivity contribution is 5.53. The zero-order valence-electron chi connectivity index (χ0n) is 11.0. The molecule has 5 nitrogen and oxygen atoms in total. The minimum absolute atomic E-state index is 0.0656. The van der Waals surface area contributed by atoms with Gasteiger partial charge in [-0.3, -0.25) is 10.1 Å². The second-order valence-electron chi connectivity index (χ2n) is 4.98. The van der Waals surface area contributed by atoms with E-state index in [2.05, 4.69) is 5.32 Å². The molecule has 100 valence electrons. The normalized spacial score (nSPS) is 12.5. The minimum Gasteiger partial charge on any atom is -0.391 e. The third-order valence-electron chi connectivity index (χ3n) is 2.56. The Hall–Kier alpha value is -1.62. The van der Waals surface area contributed by atoms with Gasteiger partial charge in [0, 0.05) is 24.4 Å². The first-order chi connectivity index (χ1) is 8.38. The molecule has 0 saturated carbocycles. The SMILES string of the molecule is Cc1cc(NCC(O)CC(C)C)cc([N+](=O)[O-])c1. The number of hydrogen-bond donors (Lipinski definition) is 2. The van der Waals surface area contributed by atoms with Crippen LogP contribution in [0.5, 0.6) is 0 Å². The molecule has 1 aromatic carbocycles. The molecule has 0 aliphatic heterocycles. The van der Waals surface area contributed by atoms with Gasteiger partial charge in [0.15, 0.2) is 0 Å². The Labute approximate surface area is 107 Å². The lowest BCUT2D eigenvalue weighted by atomic mass is 10.1. The predicted octanol–water partition coefficient (Wildman–Crippen LogP) is 2.72. The number of benzene rings is 1. The minimum atomic E-state index is -0.440. The third-order valence-corrected chi connectivity index (χ3v) is 2.56. The van der Waals surface area contributed by atoms with E-state index in [1.54, 1.807) is 0 Å². The molecule has 0 aromatic heterocycles. The van der Waals surface area contributed by atoms with E-state index in [0.717, 1.165) is 5.56 Å². The summed E-state index contributed by atoms with van der Waals surface area (Å²) in [5.41, 5.74) is 1.56. The van der Waals surface area contributed by atoms with Crippen molar-refractivity contribution in [1.82, 2.24) is 0 Å². The molecule has 1 aromatic rings. The van der Waals surface area contributed by atoms with Crippen molar-refractivity contribution >= 4 is 11.4 Å². The van der Waals surface area contributed by atoms with Crippen molar-refractivity contribution < 1.29 is 10.0 Å². The van der Waals surface area contributed by atoms with Crippen LogP contribution in [-0.2, 0) is 0 Å². The van der Waals surface area contributed by atoms with Gasteiger partial charge in [-0.1, -0.05) is 13.8 Å². The van der Waals surface area contributed by atoms with Gasteiger partial charge < -0.3 is 10.4 Å². The molecule has 0 heterocycles. The summed E-state index contributed by atoms with van der Waals surface area (Å²) in [5.74, 6) is 0.425. The van der Waals surface area contributed by atoms with Gasteiger partial charge >= 0.3 is 0 Å². The summed E-state index contributed by atoms with van der Waals surface area (Å²) in [6.07, 6.45) is 0.269. The molecule has 0 bridgehead atoms. The summed E-state index contributed by atoms with van der Waals surface area (Å²) < 4.78 is 0. The van der Waals surface area contributed by atoms with Gasteiger partial charge in [0.2, 0.25) is 0 Å². The molecule has 0 aliphatic rings. The van der Waals surface area contributed by atoms with Crippen molar-refractivity contribution in [3.05, 3.63) is 33.9 Å². The standard InChI is InChI=1S/C13H20N2O3/c1-9(2)4-13(16)8-14-11-5-10(3)6-12(7-11)15(17)18/h5-7,9,13-14,16H,4,8H2,1-3H3. The number of anilines is 1. The van der Waals surface area contributed by atoms with Gasteiger partial charge in [-0.15, -0.1) is 0 Å². The summed E-state index contributed by atoms with van der Waals surface area (Å²) >= 11 is 0. The third kappa shape index (κ3) is 4.71. The van der Waals surface area contributed by atoms with Crippen LogP contribution in [0.15, 0.2) is 18.2 Å². The molecule has 0 fully saturated rings. The van der Waals surface area contributed by atoms with Crippen LogP contribution in [0.25, 0.3) is 0 Å². The molecular weight excluding hydrogens is 232 g/mol. The molecular formula is C13H20N2O3. The van der Waals surface area contributed by atoms with Crippen LogP contribution < -0.4 is 5.32 Å². The number of aliphatic hydroxyl groups excluding tert-OH is 1. The number of aryl methyl sites for hydroxylation is 1. The molecule has 0 saturated heterocycles. The fourth-order valence-electron chi connectivity index (χ4n) is 1.83. The van der Waals surface area contributed by atoms with E-state index in [4.69, 9.17) is 0 Å². The van der Waals surface area contributed by atoms with E-state index in [0.29, 0.717) is 24.6 Å². The summed E-state index contributed by atoms with van der Waals surface area (Å²) in [5, 5.41) is 23.5. The van der Waals surface area contributed by atoms with Crippen LogP contribution in [0.3, 0.4) is 0 Å². The lowest BCUT2D eigenvalue weighted by Crippen LogP contribution is -2.21. The van der Waals surface area contributed by atoms with Crippen molar-refractivity contribution in [2.24, 2.45) is 5.92 Å². The zero-order chi connectivity index (χ0) is 13.7. The van der Waals surface area contributed by atoms with E-state index in [1.165, 1.54) is 12.1 Å². The molecule has 1 unspecified atom stereocenters. The Kier molecular flexibility index (Phi) is 5.09. The fourth-order valence-corrected chi connectivity index (χ4v) is 1.83. The number of aliphatic hydroxyl groups is 1. The molecule has 0 aliphatic carbocycles. The second kappa shape index (κ2) is 6.35. The van der Waals surface area contributed by atoms with Gasteiger partial charge in [0.1, 0.15) is 0 Å². The summed E-state index contributed by atoms with van der Waals surface area (Å²) in [6, 6.07) is 4.83. The van der Waals surface area contributed by atoms with Crippen molar-refractivity contribution in [3.63, 3.8) is 0 Å². The highest BCUT2D eigenvalue weighted by Crippen LogP contribution is 2.20. The molecule has 2 N–H and O–H groups in total. The Balaban J connectivity index is 2.64. The lowest BCUT2D eigenvalue weighted by Gasteiger charge is -2.14. The fraction of sp³-hybridized carbons (Fsp3) is 0.538. The Morgan fingerprint density at radius 3 is 2.61 bits per heavy atom. The highest BCUT2D eigenvalue weighted by Gasteiger charge is 2.10. The summed E-state index contributed by atoms with van der Waals surface area (Å²) in [6.45, 7) is 6.29. The molecule has 1 atom stereocenters. The number of rotatable bonds is 6. The number of nitrogens with zero attached hydrogens (tertiary/aromatic N) is 1. The van der Waals surface area contributed by atoms with Crippen LogP contribution >= 0.6 is 0 Å². The monoisotopic (exact) mass is 252 g/mol. The van der Waals surface area contributed by atoms with Crippen LogP contribution in [0.1, 0.15) is 25.8 Å². The topological polar surface area (TPSA) is 75.4 Å². The number of nitro groups is 1. The Bertz CT molecular complexity index is 419. The number of nitrogens with one attached hydrogen (secondary N) is 1. The Morgan fingerprint density at radius 1 is 1.39 bits per heavy atom. The number of nitro benzene ring substituents is 1. The molecule has 1 rings (SSSR count). The maximum atomic E-state index is 10.7. The van der Waals surface area contributed by atoms with Gasteiger partial charge in [0.05, 0.1) is 11.0 Å². The predicted molar refractivity (Wildman–Crippen MR) is 71.8 cm³/mol. The molecule has 18 heavy (non-hydrogen) atoms. The van der Waals surface area contributed by atoms with Crippen molar-refractivity contribution in [2.75, 3.05) is 11.9 Å². The van der Waals surface area contributed by atoms with Crippen LogP contribution in [0.4, 0.5) is 11.4 Å². The first-order valence-electron chi connectivity index (χ1n) is 6.06. The van der Waals surface area contributed by atoms with Crippen molar-refractivity contribution in [3.8, 4) is 0 Å². The second-order valence-corrected chi connectivity index (χ2v) is 4.98. The molecule has 0 radical (unpaired) electrons. The first kappa shape index (κ1) is 14.4. The Morgan fingerprint density at radius 2 is 2.06 bits per heavy atom. The smallest absolute Gasteiger partial charge is 0.271 e. The average Bonchev–Trinajstić information content (AvgIpc) is 2.24. The van der Waals surface area contributed by atoms with Gasteiger partial charge in [-0.05, 0) is 30.9 Å². The van der Waals surface area contributed by atoms with E-state index in [1.807, 2.05) is 26.8 Å². The van der Waals surface area contributed by atoms with Crippen molar-refractivity contribution in [1.29, 1.82) is 0 Å². The van der Waals surface area contributed by atoms with Crippen LogP contribution in [0, 0.1) is 23.0 Å². The number of non-ortho nitro benzene ring substituents is 1. The lowest BCUT2D eigenvalue weighted by molar-refractivity contribution is -0.384. The largest absolute Gasteiger partial charge is 0.391 e. The van der Waals surface area contributed by atoms with Crippen LogP contribution in [0.2, 0.25) is 0 Å². The molecule has 5 heteroatoms. The average molecular weight is 252 g/mol. The number of hydrogen-bond acceptors (Lipinski definition) is 4. The summed E-state index contributed by atoms with van der Waals surface area (Å²) in [4.78, 5) is 10.3. The molecule has 0 amide bonds. The molecule has 0 spiro atoms. The summed E-state index contributed by atoms with van der Waals surface area (Å²) in [7, 11) is 0. The highest BCUT2D eigenvalue weighted by atomic mass is 16.6. The van der Waals surface area contributed by atoms with Gasteiger partial charge in [-0.2, -0.15) is 0 Å². The first-order valence-corrected chi connectivity index (χ1v) is 6.06. The zero-order valence-corrected chi connectivity index (χ0v) is 11.0. The van der Waals surface area contributed by atoms with Crippen LogP contribution in [-0.4, -0.2) is 22.7 Å². The van der Waals surface area contributed by atoms with E-state index in [-0.39, 0.29) is 5.69 Å². The quantitative estimate of drug-likeness (QED) is 0.603. The maximum absolute atomic E-state index is 10.7. The van der Waals surface area contributed by atoms with Gasteiger partial charge in [-0.25, -0.2) is 0 Å². The van der Waals surface area contributed by atoms with E-state index >= 15 is 0 Å². The van der Waals surface area contributed by atoms with Crippen molar-refractivity contribution in [2.45, 2.75) is 33.3 Å². The maximum Gasteiger partial charge on any atom is 0.271 e. The van der Waals surface area contributed by atoms with E-state index in [9.17, 15) is 15.2 Å².